The minimum absolute atomic E-state index is 0.0784. The van der Waals surface area contributed by atoms with Crippen LogP contribution in [0.15, 0.2) is 6.20 Å². The smallest absolute Gasteiger partial charge is 0.365 e. The van der Waals surface area contributed by atoms with Crippen molar-refractivity contribution in [2.45, 2.75) is 32.4 Å². The third kappa shape index (κ3) is 3.23. The summed E-state index contributed by atoms with van der Waals surface area (Å²) in [6, 6.07) is 0. The number of aromatic nitrogens is 1. The summed E-state index contributed by atoms with van der Waals surface area (Å²) in [5.74, 6) is -5.02. The number of pyridine rings is 1. The van der Waals surface area contributed by atoms with Crippen LogP contribution < -0.4 is 10.6 Å². The largest absolute Gasteiger partial charge is 0.418 e. The first-order valence-electron chi connectivity index (χ1n) is 6.94. The zero-order valence-electron chi connectivity index (χ0n) is 12.5. The van der Waals surface area contributed by atoms with E-state index in [9.17, 15) is 26.7 Å². The van der Waals surface area contributed by atoms with Gasteiger partial charge in [-0.2, -0.15) is 13.2 Å². The van der Waals surface area contributed by atoms with Crippen molar-refractivity contribution in [2.24, 2.45) is 11.7 Å². The maximum atomic E-state index is 13.6. The predicted molar refractivity (Wildman–Crippen MR) is 73.4 cm³/mol. The molecule has 1 aliphatic heterocycles. The lowest BCUT2D eigenvalue weighted by molar-refractivity contribution is -0.138. The number of carbonyl (C=O) groups is 1. The van der Waals surface area contributed by atoms with Crippen molar-refractivity contribution in [3.8, 4) is 0 Å². The minimum Gasteiger partial charge on any atom is -0.365 e. The summed E-state index contributed by atoms with van der Waals surface area (Å²) in [4.78, 5) is 16.7. The fraction of sp³-hybridized carbons (Fsp3) is 0.571. The van der Waals surface area contributed by atoms with E-state index in [-0.39, 0.29) is 30.0 Å². The molecular weight excluding hydrogens is 321 g/mol. The zero-order valence-corrected chi connectivity index (χ0v) is 12.5. The van der Waals surface area contributed by atoms with Crippen molar-refractivity contribution >= 4 is 11.7 Å². The van der Waals surface area contributed by atoms with E-state index < -0.39 is 35.9 Å². The number of amides is 1. The highest BCUT2D eigenvalue weighted by atomic mass is 19.4. The summed E-state index contributed by atoms with van der Waals surface area (Å²) in [5.41, 5.74) is 3.41. The molecular formula is C14H16F5N3O. The quantitative estimate of drug-likeness (QED) is 0.844. The molecule has 1 atom stereocenters. The van der Waals surface area contributed by atoms with Crippen molar-refractivity contribution < 1.29 is 26.7 Å². The van der Waals surface area contributed by atoms with Crippen molar-refractivity contribution in [2.75, 3.05) is 18.0 Å². The summed E-state index contributed by atoms with van der Waals surface area (Å²) in [5, 5.41) is 0. The Labute approximate surface area is 129 Å². The van der Waals surface area contributed by atoms with Gasteiger partial charge in [-0.25, -0.2) is 13.8 Å². The number of hydrogen-bond acceptors (Lipinski definition) is 3. The average molecular weight is 337 g/mol. The summed E-state index contributed by atoms with van der Waals surface area (Å²) >= 11 is 0. The number of halogens is 5. The van der Waals surface area contributed by atoms with Gasteiger partial charge in [0.1, 0.15) is 5.82 Å². The molecule has 0 spiro atoms. The second-order valence-electron chi connectivity index (χ2n) is 5.72. The molecule has 0 radical (unpaired) electrons. The molecule has 0 unspecified atom stereocenters. The van der Waals surface area contributed by atoms with Gasteiger partial charge in [0.25, 0.3) is 11.8 Å². The predicted octanol–water partition coefficient (Wildman–Crippen LogP) is 2.99. The first-order valence-corrected chi connectivity index (χ1v) is 6.94. The summed E-state index contributed by atoms with van der Waals surface area (Å²) in [6.45, 7) is 2.23. The molecule has 0 aliphatic carbocycles. The second-order valence-corrected chi connectivity index (χ2v) is 5.72. The lowest BCUT2D eigenvalue weighted by Crippen LogP contribution is -2.47. The topological polar surface area (TPSA) is 59.2 Å². The van der Waals surface area contributed by atoms with Crippen LogP contribution in [0, 0.1) is 12.8 Å². The van der Waals surface area contributed by atoms with E-state index in [1.54, 1.807) is 0 Å². The highest BCUT2D eigenvalue weighted by molar-refractivity contribution is 5.99. The maximum Gasteiger partial charge on any atom is 0.418 e. The van der Waals surface area contributed by atoms with Gasteiger partial charge < -0.3 is 10.6 Å². The highest BCUT2D eigenvalue weighted by Crippen LogP contribution is 2.38. The second kappa shape index (κ2) is 5.61. The molecule has 0 bridgehead atoms. The third-order valence-electron chi connectivity index (χ3n) is 4.10. The van der Waals surface area contributed by atoms with Crippen LogP contribution in [-0.2, 0) is 6.18 Å². The number of carbonyl (C=O) groups excluding carboxylic acids is 1. The number of rotatable bonds is 2. The zero-order chi connectivity index (χ0) is 17.6. The molecule has 1 saturated heterocycles. The van der Waals surface area contributed by atoms with Crippen LogP contribution >= 0.6 is 0 Å². The molecule has 4 nitrogen and oxygen atoms in total. The Hall–Kier alpha value is -1.93. The van der Waals surface area contributed by atoms with Gasteiger partial charge in [-0.1, -0.05) is 6.92 Å². The molecule has 1 aliphatic rings. The van der Waals surface area contributed by atoms with E-state index in [1.165, 1.54) is 11.8 Å². The van der Waals surface area contributed by atoms with Crippen LogP contribution in [0.5, 0.6) is 0 Å². The number of alkyl halides is 5. The molecule has 0 aromatic carbocycles. The van der Waals surface area contributed by atoms with Crippen LogP contribution in [0.4, 0.5) is 27.8 Å². The van der Waals surface area contributed by atoms with Gasteiger partial charge in [-0.15, -0.1) is 0 Å². The Morgan fingerprint density at radius 2 is 2.04 bits per heavy atom. The van der Waals surface area contributed by atoms with Crippen molar-refractivity contribution in [1.29, 1.82) is 0 Å². The third-order valence-corrected chi connectivity index (χ3v) is 4.10. The standard InChI is InChI=1S/C14H16F5N3O/c1-7-6-22(4-3-13(7,15)16)12-10(11(20)23)8(2)9(5-21-12)14(17,18)19/h5,7H,3-4,6H2,1-2H3,(H2,20,23)/t7-/m0/s1. The SMILES string of the molecule is Cc1c(C(F)(F)F)cnc(N2CCC(F)(F)[C@@H](C)C2)c1C(N)=O. The monoisotopic (exact) mass is 337 g/mol. The number of piperidine rings is 1. The van der Waals surface area contributed by atoms with Crippen LogP contribution in [-0.4, -0.2) is 29.9 Å². The summed E-state index contributed by atoms with van der Waals surface area (Å²) in [7, 11) is 0. The first kappa shape index (κ1) is 17.4. The number of anilines is 1. The number of nitrogens with two attached hydrogens (primary N) is 1. The van der Waals surface area contributed by atoms with Gasteiger partial charge in [0, 0.05) is 31.6 Å². The van der Waals surface area contributed by atoms with Crippen LogP contribution in [0.25, 0.3) is 0 Å². The van der Waals surface area contributed by atoms with Crippen LogP contribution in [0.3, 0.4) is 0 Å². The Bertz CT molecular complexity index is 630. The minimum atomic E-state index is -4.68. The Morgan fingerprint density at radius 1 is 1.43 bits per heavy atom. The molecule has 23 heavy (non-hydrogen) atoms. The lowest BCUT2D eigenvalue weighted by Gasteiger charge is -2.38. The normalized spacial score (nSPS) is 21.3. The van der Waals surface area contributed by atoms with Gasteiger partial charge in [-0.3, -0.25) is 4.79 Å². The van der Waals surface area contributed by atoms with E-state index >= 15 is 0 Å². The van der Waals surface area contributed by atoms with Gasteiger partial charge in [0.05, 0.1) is 11.1 Å². The van der Waals surface area contributed by atoms with Gasteiger partial charge in [0.15, 0.2) is 0 Å². The Balaban J connectivity index is 2.48. The fourth-order valence-corrected chi connectivity index (χ4v) is 2.69. The number of hydrogen-bond donors (Lipinski definition) is 1. The van der Waals surface area contributed by atoms with Crippen molar-refractivity contribution in [1.82, 2.24) is 4.98 Å². The van der Waals surface area contributed by atoms with Gasteiger partial charge >= 0.3 is 6.18 Å². The molecule has 2 N–H and O–H groups in total. The number of nitrogens with zero attached hydrogens (tertiary/aromatic N) is 2. The Kier molecular flexibility index (Phi) is 4.25. The number of primary amides is 1. The summed E-state index contributed by atoms with van der Waals surface area (Å²) in [6.07, 6.45) is -4.54. The molecule has 2 heterocycles. The maximum absolute atomic E-state index is 13.6. The van der Waals surface area contributed by atoms with Crippen molar-refractivity contribution in [3.63, 3.8) is 0 Å². The molecule has 2 rings (SSSR count). The van der Waals surface area contributed by atoms with E-state index in [1.807, 2.05) is 0 Å². The fourth-order valence-electron chi connectivity index (χ4n) is 2.69. The molecule has 9 heteroatoms. The van der Waals surface area contributed by atoms with E-state index in [2.05, 4.69) is 4.98 Å². The van der Waals surface area contributed by atoms with E-state index in [0.29, 0.717) is 6.20 Å². The van der Waals surface area contributed by atoms with Gasteiger partial charge in [0.2, 0.25) is 0 Å². The van der Waals surface area contributed by atoms with E-state index in [0.717, 1.165) is 6.92 Å². The van der Waals surface area contributed by atoms with Crippen LogP contribution in [0.1, 0.15) is 34.8 Å². The van der Waals surface area contributed by atoms with E-state index in [4.69, 9.17) is 5.73 Å². The molecule has 1 amide bonds. The molecule has 0 saturated carbocycles. The first-order chi connectivity index (χ1) is 10.4. The molecule has 1 fully saturated rings. The highest BCUT2D eigenvalue weighted by Gasteiger charge is 2.43. The lowest BCUT2D eigenvalue weighted by atomic mass is 9.94. The van der Waals surface area contributed by atoms with Crippen LogP contribution in [0.2, 0.25) is 0 Å². The average Bonchev–Trinajstić information content (AvgIpc) is 2.39. The summed E-state index contributed by atoms with van der Waals surface area (Å²) < 4.78 is 65.9. The molecule has 1 aromatic heterocycles. The Morgan fingerprint density at radius 3 is 2.52 bits per heavy atom. The van der Waals surface area contributed by atoms with Gasteiger partial charge in [-0.05, 0) is 12.5 Å². The molecule has 128 valence electrons. The van der Waals surface area contributed by atoms with Crippen molar-refractivity contribution in [3.05, 3.63) is 22.9 Å². The molecule has 1 aromatic rings.